The molecule has 1 N–H and O–H groups in total. The van der Waals surface area contributed by atoms with Crippen LogP contribution >= 0.6 is 0 Å². The smallest absolute Gasteiger partial charge is 0.226 e. The second-order valence-corrected chi connectivity index (χ2v) is 8.70. The molecule has 0 spiro atoms. The molecule has 4 rings (SSSR count). The van der Waals surface area contributed by atoms with Crippen molar-refractivity contribution < 1.29 is 13.9 Å². The molecule has 0 aliphatic carbocycles. The lowest BCUT2D eigenvalue weighted by molar-refractivity contribution is -0.125. The van der Waals surface area contributed by atoms with Gasteiger partial charge in [0.05, 0.1) is 18.6 Å². The van der Waals surface area contributed by atoms with Crippen molar-refractivity contribution in [2.75, 3.05) is 32.8 Å². The Kier molecular flexibility index (Phi) is 6.97. The number of aryl methyl sites for hydroxylation is 2. The van der Waals surface area contributed by atoms with Gasteiger partial charge in [-0.05, 0) is 57.2 Å². The van der Waals surface area contributed by atoms with Crippen molar-refractivity contribution in [1.29, 1.82) is 0 Å². The topological polar surface area (TPSA) is 72.3 Å². The fourth-order valence-electron chi connectivity index (χ4n) is 4.79. The molecular formula is C23H32FN5O2. The fraction of sp³-hybridized carbons (Fsp3) is 0.609. The first kappa shape index (κ1) is 21.9. The van der Waals surface area contributed by atoms with E-state index in [1.807, 2.05) is 19.9 Å². The normalized spacial score (nSPS) is 21.3. The van der Waals surface area contributed by atoms with Crippen molar-refractivity contribution in [2.45, 2.75) is 51.6 Å². The van der Waals surface area contributed by atoms with Gasteiger partial charge in [-0.25, -0.2) is 4.39 Å². The molecular weight excluding hydrogens is 397 g/mol. The molecule has 7 nitrogen and oxygen atoms in total. The van der Waals surface area contributed by atoms with Gasteiger partial charge >= 0.3 is 0 Å². The summed E-state index contributed by atoms with van der Waals surface area (Å²) in [5, 5.41) is 11.5. The van der Waals surface area contributed by atoms with E-state index in [1.54, 1.807) is 6.07 Å². The summed E-state index contributed by atoms with van der Waals surface area (Å²) in [6, 6.07) is 6.80. The first-order valence-corrected chi connectivity index (χ1v) is 11.3. The summed E-state index contributed by atoms with van der Waals surface area (Å²) >= 11 is 0. The van der Waals surface area contributed by atoms with Crippen LogP contribution in [-0.2, 0) is 9.53 Å². The van der Waals surface area contributed by atoms with Crippen LogP contribution < -0.4 is 5.32 Å². The second-order valence-electron chi connectivity index (χ2n) is 8.70. The second kappa shape index (κ2) is 9.87. The molecule has 2 aliphatic rings. The molecule has 2 saturated heterocycles. The maximum absolute atomic E-state index is 13.8. The number of amides is 1. The van der Waals surface area contributed by atoms with Crippen molar-refractivity contribution in [3.63, 3.8) is 0 Å². The molecule has 2 fully saturated rings. The number of ether oxygens (including phenoxy) is 1. The largest absolute Gasteiger partial charge is 0.381 e. The van der Waals surface area contributed by atoms with E-state index < -0.39 is 0 Å². The van der Waals surface area contributed by atoms with E-state index in [1.165, 1.54) is 12.1 Å². The molecule has 1 unspecified atom stereocenters. The molecule has 8 heteroatoms. The minimum absolute atomic E-state index is 0.00373. The molecule has 1 aromatic carbocycles. The molecule has 2 aromatic rings. The van der Waals surface area contributed by atoms with Gasteiger partial charge in [0.15, 0.2) is 0 Å². The third-order valence-corrected chi connectivity index (χ3v) is 6.56. The average molecular weight is 430 g/mol. The standard InChI is InChI=1S/C23H32FN5O2/c1-16-26-27-17(2)29(16)21-6-10-28(11-7-21)12-8-22(18-4-3-5-20(24)14-18)25-23(30)19-9-13-31-15-19/h3-5,14,19,21-22H,6-13,15H2,1-2H3,(H,25,30)/t19?,22-/m0/s1. The highest BCUT2D eigenvalue weighted by Gasteiger charge is 2.27. The Morgan fingerprint density at radius 2 is 1.97 bits per heavy atom. The maximum atomic E-state index is 13.8. The van der Waals surface area contributed by atoms with Crippen LogP contribution in [0.15, 0.2) is 24.3 Å². The van der Waals surface area contributed by atoms with Gasteiger partial charge in [0.25, 0.3) is 0 Å². The van der Waals surface area contributed by atoms with Crippen molar-refractivity contribution in [2.24, 2.45) is 5.92 Å². The fourth-order valence-corrected chi connectivity index (χ4v) is 4.79. The summed E-state index contributed by atoms with van der Waals surface area (Å²) in [7, 11) is 0. The highest BCUT2D eigenvalue weighted by molar-refractivity contribution is 5.79. The van der Waals surface area contributed by atoms with E-state index in [0.717, 1.165) is 62.5 Å². The van der Waals surface area contributed by atoms with Crippen LogP contribution in [0.2, 0.25) is 0 Å². The number of likely N-dealkylation sites (tertiary alicyclic amines) is 1. The molecule has 1 aromatic heterocycles. The van der Waals surface area contributed by atoms with Gasteiger partial charge in [0.2, 0.25) is 5.91 Å². The van der Waals surface area contributed by atoms with Gasteiger partial charge in [-0.15, -0.1) is 10.2 Å². The Hall–Kier alpha value is -2.32. The first-order valence-electron chi connectivity index (χ1n) is 11.3. The van der Waals surface area contributed by atoms with Gasteiger partial charge in [0.1, 0.15) is 17.5 Å². The summed E-state index contributed by atoms with van der Waals surface area (Å²) in [6.07, 6.45) is 3.60. The van der Waals surface area contributed by atoms with Crippen molar-refractivity contribution >= 4 is 5.91 Å². The van der Waals surface area contributed by atoms with E-state index in [-0.39, 0.29) is 23.7 Å². The maximum Gasteiger partial charge on any atom is 0.226 e. The Balaban J connectivity index is 1.35. The predicted molar refractivity (Wildman–Crippen MR) is 115 cm³/mol. The van der Waals surface area contributed by atoms with Gasteiger partial charge in [-0.2, -0.15) is 0 Å². The zero-order valence-corrected chi connectivity index (χ0v) is 18.4. The average Bonchev–Trinajstić information content (AvgIpc) is 3.42. The minimum Gasteiger partial charge on any atom is -0.381 e. The van der Waals surface area contributed by atoms with Crippen LogP contribution in [0.25, 0.3) is 0 Å². The number of hydrogen-bond donors (Lipinski definition) is 1. The van der Waals surface area contributed by atoms with Crippen molar-refractivity contribution in [1.82, 2.24) is 25.0 Å². The number of nitrogens with one attached hydrogen (secondary N) is 1. The monoisotopic (exact) mass is 429 g/mol. The van der Waals surface area contributed by atoms with Gasteiger partial charge in [-0.1, -0.05) is 12.1 Å². The quantitative estimate of drug-likeness (QED) is 0.733. The summed E-state index contributed by atoms with van der Waals surface area (Å²) in [5.41, 5.74) is 0.817. The third-order valence-electron chi connectivity index (χ3n) is 6.56. The highest BCUT2D eigenvalue weighted by atomic mass is 19.1. The van der Waals surface area contributed by atoms with Crippen molar-refractivity contribution in [3.8, 4) is 0 Å². The number of rotatable bonds is 7. The lowest BCUT2D eigenvalue weighted by atomic mass is 9.99. The lowest BCUT2D eigenvalue weighted by Gasteiger charge is -2.34. The molecule has 168 valence electrons. The molecule has 2 aliphatic heterocycles. The number of nitrogens with zero attached hydrogens (tertiary/aromatic N) is 4. The first-order chi connectivity index (χ1) is 15.0. The van der Waals surface area contributed by atoms with Crippen LogP contribution in [0.4, 0.5) is 4.39 Å². The molecule has 0 radical (unpaired) electrons. The molecule has 0 saturated carbocycles. The summed E-state index contributed by atoms with van der Waals surface area (Å²) < 4.78 is 21.5. The predicted octanol–water partition coefficient (Wildman–Crippen LogP) is 2.96. The number of carbonyl (C=O) groups excluding carboxylic acids is 1. The number of carbonyl (C=O) groups is 1. The zero-order valence-electron chi connectivity index (χ0n) is 18.4. The van der Waals surface area contributed by atoms with Crippen LogP contribution in [-0.4, -0.2) is 58.4 Å². The van der Waals surface area contributed by atoms with E-state index >= 15 is 0 Å². The molecule has 1 amide bonds. The van der Waals surface area contributed by atoms with Gasteiger partial charge in [0, 0.05) is 32.3 Å². The van der Waals surface area contributed by atoms with E-state index in [0.29, 0.717) is 19.3 Å². The number of hydrogen-bond acceptors (Lipinski definition) is 5. The highest BCUT2D eigenvalue weighted by Crippen LogP contribution is 2.26. The van der Waals surface area contributed by atoms with Gasteiger partial charge in [-0.3, -0.25) is 4.79 Å². The van der Waals surface area contributed by atoms with E-state index in [9.17, 15) is 9.18 Å². The number of aromatic nitrogens is 3. The summed E-state index contributed by atoms with van der Waals surface area (Å²) in [5.74, 6) is 1.56. The van der Waals surface area contributed by atoms with Crippen LogP contribution in [0, 0.1) is 25.6 Å². The zero-order chi connectivity index (χ0) is 21.8. The molecule has 0 bridgehead atoms. The Morgan fingerprint density at radius 1 is 1.23 bits per heavy atom. The molecule has 2 atom stereocenters. The van der Waals surface area contributed by atoms with E-state index in [4.69, 9.17) is 4.74 Å². The van der Waals surface area contributed by atoms with Crippen molar-refractivity contribution in [3.05, 3.63) is 47.3 Å². The number of benzene rings is 1. The summed E-state index contributed by atoms with van der Waals surface area (Å²) in [4.78, 5) is 15.1. The van der Waals surface area contributed by atoms with Gasteiger partial charge < -0.3 is 19.5 Å². The summed E-state index contributed by atoms with van der Waals surface area (Å²) in [6.45, 7) is 7.95. The molecule has 31 heavy (non-hydrogen) atoms. The third kappa shape index (κ3) is 5.30. The number of halogens is 1. The Labute approximate surface area is 183 Å². The van der Waals surface area contributed by atoms with Crippen LogP contribution in [0.3, 0.4) is 0 Å². The van der Waals surface area contributed by atoms with E-state index in [2.05, 4.69) is 25.0 Å². The number of piperidine rings is 1. The lowest BCUT2D eigenvalue weighted by Crippen LogP contribution is -2.39. The Morgan fingerprint density at radius 3 is 2.61 bits per heavy atom. The molecule has 3 heterocycles. The Bertz CT molecular complexity index is 868. The minimum atomic E-state index is -0.276. The SMILES string of the molecule is Cc1nnc(C)n1C1CCN(CC[C@H](NC(=O)C2CCOC2)c2cccc(F)c2)CC1. The van der Waals surface area contributed by atoms with Crippen LogP contribution in [0.1, 0.15) is 55.0 Å². The van der Waals surface area contributed by atoms with Crippen LogP contribution in [0.5, 0.6) is 0 Å².